The number of thioether (sulfide) groups is 1. The van der Waals surface area contributed by atoms with Crippen LogP contribution in [-0.2, 0) is 11.0 Å². The van der Waals surface area contributed by atoms with E-state index in [1.807, 2.05) is 6.07 Å². The van der Waals surface area contributed by atoms with E-state index >= 15 is 0 Å². The van der Waals surface area contributed by atoms with Crippen molar-refractivity contribution in [2.24, 2.45) is 0 Å². The third kappa shape index (κ3) is 2.83. The molecule has 3 rings (SSSR count). The zero-order chi connectivity index (χ0) is 15.7. The number of nitrogens with zero attached hydrogens (tertiary/aromatic N) is 1. The summed E-state index contributed by atoms with van der Waals surface area (Å²) in [5.74, 6) is 0.161. The topological polar surface area (TPSA) is 20.3 Å². The Balaban J connectivity index is 1.99. The number of benzene rings is 2. The highest BCUT2D eigenvalue weighted by Crippen LogP contribution is 2.42. The number of carbonyl (C=O) groups is 1. The van der Waals surface area contributed by atoms with Gasteiger partial charge in [-0.15, -0.1) is 11.8 Å². The molecule has 1 aliphatic rings. The number of anilines is 1. The highest BCUT2D eigenvalue weighted by atomic mass is 32.2. The van der Waals surface area contributed by atoms with E-state index in [4.69, 9.17) is 0 Å². The molecule has 0 saturated carbocycles. The van der Waals surface area contributed by atoms with Crippen molar-refractivity contribution in [3.8, 4) is 0 Å². The van der Waals surface area contributed by atoms with Crippen molar-refractivity contribution >= 4 is 23.4 Å². The van der Waals surface area contributed by atoms with Gasteiger partial charge in [0, 0.05) is 5.69 Å². The van der Waals surface area contributed by atoms with Gasteiger partial charge in [-0.1, -0.05) is 30.3 Å². The van der Waals surface area contributed by atoms with Gasteiger partial charge in [0.05, 0.1) is 11.3 Å². The highest BCUT2D eigenvalue weighted by Gasteiger charge is 2.36. The maximum Gasteiger partial charge on any atom is 0.416 e. The van der Waals surface area contributed by atoms with Gasteiger partial charge in [0.2, 0.25) is 5.91 Å². The number of alkyl halides is 3. The molecular weight excluding hydrogens is 311 g/mol. The summed E-state index contributed by atoms with van der Waals surface area (Å²) < 4.78 is 38.6. The Bertz CT molecular complexity index is 687. The van der Waals surface area contributed by atoms with Gasteiger partial charge in [0.1, 0.15) is 5.37 Å². The van der Waals surface area contributed by atoms with Crippen molar-refractivity contribution in [2.45, 2.75) is 11.6 Å². The molecule has 0 bridgehead atoms. The van der Waals surface area contributed by atoms with Crippen LogP contribution in [0.25, 0.3) is 0 Å². The fourth-order valence-corrected chi connectivity index (χ4v) is 3.57. The predicted octanol–water partition coefficient (Wildman–Crippen LogP) is 4.48. The number of para-hydroxylation sites is 1. The van der Waals surface area contributed by atoms with E-state index in [0.29, 0.717) is 11.3 Å². The molecule has 1 heterocycles. The van der Waals surface area contributed by atoms with Gasteiger partial charge in [0.15, 0.2) is 0 Å². The molecule has 1 fully saturated rings. The molecule has 2 aromatic carbocycles. The van der Waals surface area contributed by atoms with Crippen LogP contribution in [0.15, 0.2) is 54.6 Å². The Morgan fingerprint density at radius 2 is 1.77 bits per heavy atom. The van der Waals surface area contributed by atoms with Crippen LogP contribution in [0, 0.1) is 0 Å². The molecule has 0 aliphatic carbocycles. The lowest BCUT2D eigenvalue weighted by molar-refractivity contribution is -0.137. The summed E-state index contributed by atoms with van der Waals surface area (Å²) in [6.45, 7) is 0. The van der Waals surface area contributed by atoms with Gasteiger partial charge in [-0.25, -0.2) is 0 Å². The summed E-state index contributed by atoms with van der Waals surface area (Å²) in [6.07, 6.45) is -4.39. The largest absolute Gasteiger partial charge is 0.416 e. The molecule has 22 heavy (non-hydrogen) atoms. The van der Waals surface area contributed by atoms with Gasteiger partial charge >= 0.3 is 6.18 Å². The van der Waals surface area contributed by atoms with Crippen LogP contribution < -0.4 is 4.90 Å². The monoisotopic (exact) mass is 323 g/mol. The third-order valence-corrected chi connectivity index (χ3v) is 4.61. The molecule has 1 atom stereocenters. The number of halogens is 3. The summed E-state index contributed by atoms with van der Waals surface area (Å²) in [7, 11) is 0. The van der Waals surface area contributed by atoms with Crippen LogP contribution in [0.1, 0.15) is 16.5 Å². The Labute approximate surface area is 129 Å². The molecule has 6 heteroatoms. The Morgan fingerprint density at radius 1 is 1.05 bits per heavy atom. The average Bonchev–Trinajstić information content (AvgIpc) is 2.89. The molecule has 1 aliphatic heterocycles. The van der Waals surface area contributed by atoms with Crippen LogP contribution in [-0.4, -0.2) is 11.7 Å². The minimum atomic E-state index is -4.39. The summed E-state index contributed by atoms with van der Waals surface area (Å²) in [5.41, 5.74) is 0.479. The summed E-state index contributed by atoms with van der Waals surface area (Å²) in [6, 6.07) is 14.2. The first-order chi connectivity index (χ1) is 10.5. The molecule has 0 radical (unpaired) electrons. The van der Waals surface area contributed by atoms with Gasteiger partial charge in [-0.3, -0.25) is 9.69 Å². The van der Waals surface area contributed by atoms with E-state index in [-0.39, 0.29) is 11.7 Å². The van der Waals surface area contributed by atoms with E-state index < -0.39 is 17.1 Å². The molecule has 1 amide bonds. The van der Waals surface area contributed by atoms with Crippen molar-refractivity contribution < 1.29 is 18.0 Å². The Morgan fingerprint density at radius 3 is 2.45 bits per heavy atom. The molecule has 1 saturated heterocycles. The smallest absolute Gasteiger partial charge is 0.295 e. The SMILES string of the molecule is O=C1CSC(c2cccc(C(F)(F)F)c2)N1c1ccccc1. The predicted molar refractivity (Wildman–Crippen MR) is 80.6 cm³/mol. The van der Waals surface area contributed by atoms with E-state index in [0.717, 1.165) is 12.1 Å². The molecule has 1 unspecified atom stereocenters. The molecule has 2 aromatic rings. The van der Waals surface area contributed by atoms with Crippen LogP contribution in [0.2, 0.25) is 0 Å². The standard InChI is InChI=1S/C16H12F3NOS/c17-16(18,19)12-6-4-5-11(9-12)15-20(14(21)10-22-15)13-7-2-1-3-8-13/h1-9,15H,10H2. The first-order valence-electron chi connectivity index (χ1n) is 6.63. The van der Waals surface area contributed by atoms with Crippen LogP contribution in [0.5, 0.6) is 0 Å². The Hall–Kier alpha value is -1.95. The van der Waals surface area contributed by atoms with E-state index in [1.165, 1.54) is 17.8 Å². The number of amides is 1. The zero-order valence-electron chi connectivity index (χ0n) is 11.4. The van der Waals surface area contributed by atoms with E-state index in [2.05, 4.69) is 0 Å². The quantitative estimate of drug-likeness (QED) is 0.812. The number of rotatable bonds is 2. The third-order valence-electron chi connectivity index (χ3n) is 3.40. The van der Waals surface area contributed by atoms with Crippen LogP contribution >= 0.6 is 11.8 Å². The van der Waals surface area contributed by atoms with E-state index in [1.54, 1.807) is 35.2 Å². The normalized spacial score (nSPS) is 18.8. The maximum atomic E-state index is 12.9. The van der Waals surface area contributed by atoms with Gasteiger partial charge in [-0.2, -0.15) is 13.2 Å². The first-order valence-corrected chi connectivity index (χ1v) is 7.67. The maximum absolute atomic E-state index is 12.9. The minimum absolute atomic E-state index is 0.0985. The van der Waals surface area contributed by atoms with Crippen molar-refractivity contribution in [3.05, 3.63) is 65.7 Å². The van der Waals surface area contributed by atoms with E-state index in [9.17, 15) is 18.0 Å². The van der Waals surface area contributed by atoms with Crippen molar-refractivity contribution in [3.63, 3.8) is 0 Å². The highest BCUT2D eigenvalue weighted by molar-refractivity contribution is 8.00. The zero-order valence-corrected chi connectivity index (χ0v) is 12.2. The van der Waals surface area contributed by atoms with Crippen molar-refractivity contribution in [1.82, 2.24) is 0 Å². The Kier molecular flexibility index (Phi) is 3.87. The van der Waals surface area contributed by atoms with Crippen molar-refractivity contribution in [2.75, 3.05) is 10.7 Å². The number of hydrogen-bond acceptors (Lipinski definition) is 2. The second-order valence-corrected chi connectivity index (χ2v) is 5.95. The lowest BCUT2D eigenvalue weighted by Crippen LogP contribution is -2.27. The lowest BCUT2D eigenvalue weighted by atomic mass is 10.1. The second-order valence-electron chi connectivity index (χ2n) is 4.89. The molecule has 0 spiro atoms. The van der Waals surface area contributed by atoms with Gasteiger partial charge in [0.25, 0.3) is 0 Å². The molecule has 0 aromatic heterocycles. The van der Waals surface area contributed by atoms with Crippen molar-refractivity contribution in [1.29, 1.82) is 0 Å². The number of hydrogen-bond donors (Lipinski definition) is 0. The lowest BCUT2D eigenvalue weighted by Gasteiger charge is -2.24. The summed E-state index contributed by atoms with van der Waals surface area (Å²) in [5, 5.41) is -0.433. The summed E-state index contributed by atoms with van der Waals surface area (Å²) in [4.78, 5) is 13.7. The number of carbonyl (C=O) groups excluding carboxylic acids is 1. The molecule has 2 nitrogen and oxygen atoms in total. The average molecular weight is 323 g/mol. The molecular formula is C16H12F3NOS. The van der Waals surface area contributed by atoms with Gasteiger partial charge in [-0.05, 0) is 29.8 Å². The first kappa shape index (κ1) is 15.0. The summed E-state index contributed by atoms with van der Waals surface area (Å²) >= 11 is 1.33. The van der Waals surface area contributed by atoms with Crippen LogP contribution in [0.3, 0.4) is 0 Å². The molecule has 114 valence electrons. The fraction of sp³-hybridized carbons (Fsp3) is 0.188. The van der Waals surface area contributed by atoms with Gasteiger partial charge < -0.3 is 0 Å². The molecule has 0 N–H and O–H groups in total. The minimum Gasteiger partial charge on any atom is -0.295 e. The second kappa shape index (κ2) is 5.68. The fourth-order valence-electron chi connectivity index (χ4n) is 2.41. The van der Waals surface area contributed by atoms with Crippen LogP contribution in [0.4, 0.5) is 18.9 Å².